The van der Waals surface area contributed by atoms with E-state index in [4.69, 9.17) is 0 Å². The monoisotopic (exact) mass is 427 g/mol. The van der Waals surface area contributed by atoms with Gasteiger partial charge in [-0.3, -0.25) is 14.9 Å². The molecular weight excluding hydrogens is 408 g/mol. The number of aromatic nitrogens is 2. The Bertz CT molecular complexity index is 1160. The number of para-hydroxylation sites is 2. The lowest BCUT2D eigenvalue weighted by Crippen LogP contribution is -2.30. The number of carbonyl (C=O) groups excluding carboxylic acids is 1. The van der Waals surface area contributed by atoms with Crippen LogP contribution in [-0.2, 0) is 12.8 Å². The fraction of sp³-hybridized carbons (Fsp3) is 0.238. The van der Waals surface area contributed by atoms with Crippen LogP contribution in [0.4, 0.5) is 20.2 Å². The van der Waals surface area contributed by atoms with Crippen molar-refractivity contribution in [2.24, 2.45) is 0 Å². The minimum absolute atomic E-state index is 0.0445. The molecular formula is C21H19F2N5O3. The number of nitro benzene ring substituents is 1. The molecule has 0 spiro atoms. The molecule has 1 aromatic heterocycles. The molecule has 160 valence electrons. The number of hydrogen-bond acceptors (Lipinski definition) is 5. The predicted molar refractivity (Wildman–Crippen MR) is 109 cm³/mol. The van der Waals surface area contributed by atoms with Crippen LogP contribution in [0, 0.1) is 21.7 Å². The predicted octanol–water partition coefficient (Wildman–Crippen LogP) is 3.39. The lowest BCUT2D eigenvalue weighted by Gasteiger charge is -2.08. The SMILES string of the molecule is O=C(NCCNc1ccccc1[N+](=O)[O-])c1nn(-c2ccc(F)c(F)c2)c2c1CCC2. The van der Waals surface area contributed by atoms with Crippen molar-refractivity contribution in [3.8, 4) is 5.69 Å². The highest BCUT2D eigenvalue weighted by Crippen LogP contribution is 2.28. The lowest BCUT2D eigenvalue weighted by molar-refractivity contribution is -0.384. The number of fused-ring (bicyclic) bond motifs is 1. The van der Waals surface area contributed by atoms with E-state index < -0.39 is 16.6 Å². The van der Waals surface area contributed by atoms with Crippen LogP contribution >= 0.6 is 0 Å². The minimum atomic E-state index is -0.980. The van der Waals surface area contributed by atoms with Gasteiger partial charge in [0.1, 0.15) is 5.69 Å². The van der Waals surface area contributed by atoms with Crippen molar-refractivity contribution in [2.45, 2.75) is 19.3 Å². The van der Waals surface area contributed by atoms with Crippen molar-refractivity contribution in [1.29, 1.82) is 0 Å². The Morgan fingerprint density at radius 3 is 2.71 bits per heavy atom. The van der Waals surface area contributed by atoms with Gasteiger partial charge >= 0.3 is 0 Å². The van der Waals surface area contributed by atoms with E-state index in [9.17, 15) is 23.7 Å². The average molecular weight is 427 g/mol. The van der Waals surface area contributed by atoms with Gasteiger partial charge in [0.25, 0.3) is 11.6 Å². The fourth-order valence-corrected chi connectivity index (χ4v) is 3.69. The van der Waals surface area contributed by atoms with E-state index in [2.05, 4.69) is 15.7 Å². The average Bonchev–Trinajstić information content (AvgIpc) is 3.36. The molecule has 0 unspecified atom stereocenters. The summed E-state index contributed by atoms with van der Waals surface area (Å²) in [6.45, 7) is 0.500. The number of amides is 1. The molecule has 0 atom stereocenters. The standard InChI is InChI=1S/C21H19F2N5O3/c22-15-9-8-13(12-16(15)23)27-18-7-3-4-14(18)20(26-27)21(29)25-11-10-24-17-5-1-2-6-19(17)28(30)31/h1-2,5-6,8-9,12,24H,3-4,7,10-11H2,(H,25,29). The van der Waals surface area contributed by atoms with Gasteiger partial charge in [-0.25, -0.2) is 13.5 Å². The fourth-order valence-electron chi connectivity index (χ4n) is 3.69. The number of nitrogens with one attached hydrogen (secondary N) is 2. The van der Waals surface area contributed by atoms with Crippen molar-refractivity contribution in [1.82, 2.24) is 15.1 Å². The van der Waals surface area contributed by atoms with Crippen LogP contribution in [0.3, 0.4) is 0 Å². The zero-order valence-electron chi connectivity index (χ0n) is 16.4. The minimum Gasteiger partial charge on any atom is -0.378 e. The molecule has 10 heteroatoms. The van der Waals surface area contributed by atoms with Gasteiger partial charge in [0.2, 0.25) is 0 Å². The van der Waals surface area contributed by atoms with Gasteiger partial charge in [0.15, 0.2) is 17.3 Å². The molecule has 4 rings (SSSR count). The van der Waals surface area contributed by atoms with E-state index in [0.717, 1.165) is 29.8 Å². The van der Waals surface area contributed by atoms with Crippen LogP contribution in [0.15, 0.2) is 42.5 Å². The summed E-state index contributed by atoms with van der Waals surface area (Å²) >= 11 is 0. The molecule has 0 saturated carbocycles. The Kier molecular flexibility index (Phi) is 5.61. The third-order valence-corrected chi connectivity index (χ3v) is 5.12. The van der Waals surface area contributed by atoms with Crippen LogP contribution in [-0.4, -0.2) is 33.7 Å². The first-order valence-electron chi connectivity index (χ1n) is 9.77. The molecule has 0 aliphatic heterocycles. The Hall–Kier alpha value is -3.82. The van der Waals surface area contributed by atoms with Crippen molar-refractivity contribution >= 4 is 17.3 Å². The Labute approximate surface area is 176 Å². The first-order valence-corrected chi connectivity index (χ1v) is 9.77. The Morgan fingerprint density at radius 2 is 1.94 bits per heavy atom. The van der Waals surface area contributed by atoms with Crippen molar-refractivity contribution in [2.75, 3.05) is 18.4 Å². The number of carbonyl (C=O) groups is 1. The van der Waals surface area contributed by atoms with E-state index in [0.29, 0.717) is 24.2 Å². The molecule has 1 aliphatic rings. The van der Waals surface area contributed by atoms with Crippen molar-refractivity contribution in [3.63, 3.8) is 0 Å². The number of benzene rings is 2. The summed E-state index contributed by atoms with van der Waals surface area (Å²) in [6.07, 6.45) is 2.21. The zero-order chi connectivity index (χ0) is 22.0. The van der Waals surface area contributed by atoms with E-state index in [1.807, 2.05) is 0 Å². The van der Waals surface area contributed by atoms with Gasteiger partial charge in [-0.15, -0.1) is 0 Å². The van der Waals surface area contributed by atoms with E-state index in [1.165, 1.54) is 16.8 Å². The lowest BCUT2D eigenvalue weighted by atomic mass is 10.2. The van der Waals surface area contributed by atoms with Crippen LogP contribution in [0.2, 0.25) is 0 Å². The summed E-state index contributed by atoms with van der Waals surface area (Å²) in [5, 5.41) is 21.1. The molecule has 2 N–H and O–H groups in total. The molecule has 0 saturated heterocycles. The highest BCUT2D eigenvalue weighted by Gasteiger charge is 2.27. The second-order valence-electron chi connectivity index (χ2n) is 7.09. The number of hydrogen-bond donors (Lipinski definition) is 2. The number of halogens is 2. The third-order valence-electron chi connectivity index (χ3n) is 5.12. The van der Waals surface area contributed by atoms with Gasteiger partial charge in [-0.2, -0.15) is 5.10 Å². The largest absolute Gasteiger partial charge is 0.378 e. The van der Waals surface area contributed by atoms with E-state index >= 15 is 0 Å². The smallest absolute Gasteiger partial charge is 0.292 e. The van der Waals surface area contributed by atoms with Crippen LogP contribution < -0.4 is 10.6 Å². The van der Waals surface area contributed by atoms with Crippen LogP contribution in [0.25, 0.3) is 5.69 Å². The Balaban J connectivity index is 1.45. The summed E-state index contributed by atoms with van der Waals surface area (Å²) in [6, 6.07) is 9.76. The molecule has 1 amide bonds. The topological polar surface area (TPSA) is 102 Å². The molecule has 3 aromatic rings. The van der Waals surface area contributed by atoms with Crippen LogP contribution in [0.5, 0.6) is 0 Å². The number of nitro groups is 1. The molecule has 2 aromatic carbocycles. The van der Waals surface area contributed by atoms with Gasteiger partial charge in [0.05, 0.1) is 10.6 Å². The van der Waals surface area contributed by atoms with Crippen molar-refractivity contribution in [3.05, 3.63) is 81.2 Å². The van der Waals surface area contributed by atoms with Crippen LogP contribution in [0.1, 0.15) is 28.2 Å². The molecule has 1 aliphatic carbocycles. The summed E-state index contributed by atoms with van der Waals surface area (Å²) in [5.41, 5.74) is 2.54. The first kappa shape index (κ1) is 20.5. The normalized spacial score (nSPS) is 12.5. The molecule has 31 heavy (non-hydrogen) atoms. The third kappa shape index (κ3) is 4.09. The summed E-state index contributed by atoms with van der Waals surface area (Å²) in [7, 11) is 0. The quantitative estimate of drug-likeness (QED) is 0.342. The van der Waals surface area contributed by atoms with Gasteiger partial charge < -0.3 is 10.6 Å². The van der Waals surface area contributed by atoms with E-state index in [-0.39, 0.29) is 30.4 Å². The molecule has 0 bridgehead atoms. The number of rotatable bonds is 7. The summed E-state index contributed by atoms with van der Waals surface area (Å²) in [5.74, 6) is -2.31. The number of nitrogens with zero attached hydrogens (tertiary/aromatic N) is 3. The second-order valence-corrected chi connectivity index (χ2v) is 7.09. The highest BCUT2D eigenvalue weighted by molar-refractivity contribution is 5.94. The molecule has 0 radical (unpaired) electrons. The van der Waals surface area contributed by atoms with Gasteiger partial charge in [-0.05, 0) is 37.5 Å². The second kappa shape index (κ2) is 8.50. The molecule has 8 nitrogen and oxygen atoms in total. The Morgan fingerprint density at radius 1 is 1.13 bits per heavy atom. The maximum Gasteiger partial charge on any atom is 0.292 e. The van der Waals surface area contributed by atoms with Gasteiger partial charge in [0, 0.05) is 36.5 Å². The summed E-state index contributed by atoms with van der Waals surface area (Å²) < 4.78 is 28.4. The van der Waals surface area contributed by atoms with Crippen molar-refractivity contribution < 1.29 is 18.5 Å². The highest BCUT2D eigenvalue weighted by atomic mass is 19.2. The molecule has 0 fully saturated rings. The van der Waals surface area contributed by atoms with Gasteiger partial charge in [-0.1, -0.05) is 12.1 Å². The molecule has 1 heterocycles. The first-order chi connectivity index (χ1) is 15.0. The zero-order valence-corrected chi connectivity index (χ0v) is 16.4. The maximum absolute atomic E-state index is 13.7. The summed E-state index contributed by atoms with van der Waals surface area (Å²) in [4.78, 5) is 23.3. The maximum atomic E-state index is 13.7. The van der Waals surface area contributed by atoms with E-state index in [1.54, 1.807) is 18.2 Å². The number of anilines is 1.